The lowest BCUT2D eigenvalue weighted by molar-refractivity contribution is 0.0996. The van der Waals surface area contributed by atoms with Crippen molar-refractivity contribution >= 4 is 29.0 Å². The van der Waals surface area contributed by atoms with E-state index in [1.54, 1.807) is 11.6 Å². The average molecular weight is 391 g/mol. The van der Waals surface area contributed by atoms with Crippen molar-refractivity contribution in [2.75, 3.05) is 17.2 Å². The van der Waals surface area contributed by atoms with Crippen LogP contribution in [0.4, 0.5) is 11.8 Å². The van der Waals surface area contributed by atoms with Gasteiger partial charge in [-0.1, -0.05) is 13.3 Å². The third-order valence-electron chi connectivity index (χ3n) is 4.63. The maximum absolute atomic E-state index is 11.4. The number of amides is 1. The largest absolute Gasteiger partial charge is 0.393 e. The van der Waals surface area contributed by atoms with Gasteiger partial charge in [-0.2, -0.15) is 4.98 Å². The topological polar surface area (TPSA) is 126 Å². The lowest BCUT2D eigenvalue weighted by Gasteiger charge is -2.27. The molecule has 2 aromatic heterocycles. The molecule has 0 spiro atoms. The average Bonchev–Trinajstić information content (AvgIpc) is 3.14. The second-order valence-corrected chi connectivity index (χ2v) is 7.65. The van der Waals surface area contributed by atoms with Crippen molar-refractivity contribution in [3.63, 3.8) is 0 Å². The van der Waals surface area contributed by atoms with E-state index in [-0.39, 0.29) is 17.8 Å². The molecule has 1 amide bonds. The zero-order valence-electron chi connectivity index (χ0n) is 15.4. The van der Waals surface area contributed by atoms with Gasteiger partial charge in [0.15, 0.2) is 0 Å². The Bertz CT molecular complexity index is 773. The Balaban J connectivity index is 1.84. The van der Waals surface area contributed by atoms with Crippen LogP contribution in [0.1, 0.15) is 55.9 Å². The Morgan fingerprint density at radius 1 is 1.33 bits per heavy atom. The minimum Gasteiger partial charge on any atom is -0.393 e. The smallest absolute Gasteiger partial charge is 0.268 e. The number of carbonyl (C=O) groups is 1. The zero-order chi connectivity index (χ0) is 19.2. The quantitative estimate of drug-likeness (QED) is 0.510. The van der Waals surface area contributed by atoms with Gasteiger partial charge in [0.2, 0.25) is 5.95 Å². The van der Waals surface area contributed by atoms with E-state index in [1.165, 1.54) is 11.3 Å². The lowest BCUT2D eigenvalue weighted by Crippen LogP contribution is -2.29. The summed E-state index contributed by atoms with van der Waals surface area (Å²) in [6, 6.07) is 0.237. The van der Waals surface area contributed by atoms with Crippen molar-refractivity contribution in [1.29, 1.82) is 0 Å². The van der Waals surface area contributed by atoms with Crippen LogP contribution < -0.4 is 16.4 Å². The van der Waals surface area contributed by atoms with Crippen LogP contribution in [0.5, 0.6) is 0 Å². The summed E-state index contributed by atoms with van der Waals surface area (Å²) < 4.78 is 0. The number of anilines is 2. The molecule has 8 nitrogen and oxygen atoms in total. The van der Waals surface area contributed by atoms with Gasteiger partial charge in [0, 0.05) is 24.2 Å². The van der Waals surface area contributed by atoms with Gasteiger partial charge in [-0.15, -0.1) is 11.3 Å². The van der Waals surface area contributed by atoms with Crippen LogP contribution in [0.2, 0.25) is 0 Å². The molecule has 2 heterocycles. The number of aromatic nitrogens is 3. The summed E-state index contributed by atoms with van der Waals surface area (Å²) in [5, 5.41) is 18.8. The van der Waals surface area contributed by atoms with Crippen molar-refractivity contribution in [2.24, 2.45) is 5.73 Å². The normalized spacial score (nSPS) is 19.6. The van der Waals surface area contributed by atoms with E-state index in [2.05, 4.69) is 32.5 Å². The number of rotatable bonds is 8. The molecule has 1 fully saturated rings. The molecular weight excluding hydrogens is 364 g/mol. The van der Waals surface area contributed by atoms with Gasteiger partial charge in [0.1, 0.15) is 16.5 Å². The highest BCUT2D eigenvalue weighted by Gasteiger charge is 2.22. The Hall–Kier alpha value is -2.26. The maximum Gasteiger partial charge on any atom is 0.268 e. The van der Waals surface area contributed by atoms with E-state index in [0.29, 0.717) is 16.8 Å². The predicted molar refractivity (Wildman–Crippen MR) is 107 cm³/mol. The Morgan fingerprint density at radius 3 is 2.78 bits per heavy atom. The fraction of sp³-hybridized carbons (Fsp3) is 0.556. The van der Waals surface area contributed by atoms with Gasteiger partial charge in [-0.25, -0.2) is 9.97 Å². The fourth-order valence-electron chi connectivity index (χ4n) is 3.03. The number of nitrogens with one attached hydrogen (secondary N) is 2. The number of carbonyl (C=O) groups excluding carboxylic acids is 1. The summed E-state index contributed by atoms with van der Waals surface area (Å²) >= 11 is 1.34. The lowest BCUT2D eigenvalue weighted by atomic mass is 9.93. The van der Waals surface area contributed by atoms with Gasteiger partial charge in [0.25, 0.3) is 5.91 Å². The van der Waals surface area contributed by atoms with E-state index in [4.69, 9.17) is 5.73 Å². The molecule has 0 radical (unpaired) electrons. The molecule has 1 aliphatic rings. The number of aliphatic hydroxyl groups is 1. The van der Waals surface area contributed by atoms with Crippen LogP contribution >= 0.6 is 11.3 Å². The van der Waals surface area contributed by atoms with Gasteiger partial charge in [-0.05, 0) is 32.1 Å². The van der Waals surface area contributed by atoms with E-state index < -0.39 is 5.91 Å². The molecular formula is C18H26N6O2S. The highest BCUT2D eigenvalue weighted by atomic mass is 32.1. The fourth-order valence-corrected chi connectivity index (χ4v) is 3.85. The van der Waals surface area contributed by atoms with E-state index in [9.17, 15) is 9.90 Å². The maximum atomic E-state index is 11.4. The van der Waals surface area contributed by atoms with Crippen LogP contribution in [-0.2, 0) is 0 Å². The number of aliphatic hydroxyl groups excluding tert-OH is 1. The van der Waals surface area contributed by atoms with E-state index in [0.717, 1.165) is 50.6 Å². The van der Waals surface area contributed by atoms with Crippen LogP contribution in [0.25, 0.3) is 10.6 Å². The Morgan fingerprint density at radius 2 is 2.11 bits per heavy atom. The summed E-state index contributed by atoms with van der Waals surface area (Å²) in [4.78, 5) is 24.7. The first-order valence-electron chi connectivity index (χ1n) is 9.38. The van der Waals surface area contributed by atoms with Gasteiger partial charge in [-0.3, -0.25) is 4.79 Å². The molecule has 5 N–H and O–H groups in total. The van der Waals surface area contributed by atoms with Crippen LogP contribution in [0.3, 0.4) is 0 Å². The highest BCUT2D eigenvalue weighted by Crippen LogP contribution is 2.31. The van der Waals surface area contributed by atoms with Crippen LogP contribution in [-0.4, -0.2) is 44.7 Å². The molecule has 9 heteroatoms. The minimum atomic E-state index is -0.549. The molecule has 0 atom stereocenters. The third kappa shape index (κ3) is 5.14. The summed E-state index contributed by atoms with van der Waals surface area (Å²) in [6.45, 7) is 2.95. The molecule has 0 aromatic carbocycles. The molecule has 3 rings (SSSR count). The van der Waals surface area contributed by atoms with Crippen molar-refractivity contribution < 1.29 is 9.90 Å². The number of nitrogens with zero attached hydrogens (tertiary/aromatic N) is 3. The van der Waals surface area contributed by atoms with Crippen LogP contribution in [0.15, 0.2) is 11.6 Å². The molecule has 1 aliphatic carbocycles. The molecule has 2 aromatic rings. The molecule has 0 saturated heterocycles. The molecule has 0 aliphatic heterocycles. The standard InChI is InChI=1S/C18H26N6O2S/c1-2-3-8-20-18-21-9-13(17-23-14(10-27-17)15(19)26)16(24-18)22-11-4-6-12(25)7-5-11/h9-12,25H,2-8H2,1H3,(H2,19,26)(H2,20,21,22,24). The first-order valence-corrected chi connectivity index (χ1v) is 10.3. The highest BCUT2D eigenvalue weighted by molar-refractivity contribution is 7.13. The third-order valence-corrected chi connectivity index (χ3v) is 5.50. The second-order valence-electron chi connectivity index (χ2n) is 6.79. The number of unbranched alkanes of at least 4 members (excludes halogenated alkanes) is 1. The van der Waals surface area contributed by atoms with Crippen molar-refractivity contribution in [1.82, 2.24) is 15.0 Å². The monoisotopic (exact) mass is 390 g/mol. The second kappa shape index (κ2) is 9.09. The van der Waals surface area contributed by atoms with Gasteiger partial charge >= 0.3 is 0 Å². The number of primary amides is 1. The summed E-state index contributed by atoms with van der Waals surface area (Å²) in [6.07, 6.45) is 6.98. The SMILES string of the molecule is CCCCNc1ncc(-c2nc(C(N)=O)cs2)c(NC2CCC(O)CC2)n1. The summed E-state index contributed by atoms with van der Waals surface area (Å²) in [7, 11) is 0. The van der Waals surface area contributed by atoms with Gasteiger partial charge in [0.05, 0.1) is 11.7 Å². The number of thiazole rings is 1. The van der Waals surface area contributed by atoms with Crippen molar-refractivity contribution in [3.8, 4) is 10.6 Å². The van der Waals surface area contributed by atoms with Crippen molar-refractivity contribution in [3.05, 3.63) is 17.3 Å². The zero-order valence-corrected chi connectivity index (χ0v) is 16.3. The van der Waals surface area contributed by atoms with E-state index >= 15 is 0 Å². The van der Waals surface area contributed by atoms with E-state index in [1.807, 2.05) is 0 Å². The Labute approximate surface area is 162 Å². The molecule has 0 unspecified atom stereocenters. The number of hydrogen-bond acceptors (Lipinski definition) is 8. The number of hydrogen-bond donors (Lipinski definition) is 4. The van der Waals surface area contributed by atoms with Crippen molar-refractivity contribution in [2.45, 2.75) is 57.6 Å². The van der Waals surface area contributed by atoms with Crippen LogP contribution in [0, 0.1) is 0 Å². The van der Waals surface area contributed by atoms with Gasteiger partial charge < -0.3 is 21.5 Å². The number of nitrogens with two attached hydrogens (primary N) is 1. The molecule has 0 bridgehead atoms. The molecule has 146 valence electrons. The molecule has 27 heavy (non-hydrogen) atoms. The minimum absolute atomic E-state index is 0.212. The molecule has 1 saturated carbocycles. The first kappa shape index (κ1) is 19.5. The predicted octanol–water partition coefficient (Wildman–Crippen LogP) is 2.63. The summed E-state index contributed by atoms with van der Waals surface area (Å²) in [5.41, 5.74) is 6.31. The Kier molecular flexibility index (Phi) is 6.57. The summed E-state index contributed by atoms with van der Waals surface area (Å²) in [5.74, 6) is 0.708. The first-order chi connectivity index (χ1) is 13.1.